The predicted octanol–water partition coefficient (Wildman–Crippen LogP) is 8.39. The summed E-state index contributed by atoms with van der Waals surface area (Å²) in [4.78, 5) is 0. The minimum Gasteiger partial charge on any atom is -0.0812 e. The van der Waals surface area contributed by atoms with Crippen molar-refractivity contribution in [1.29, 1.82) is 0 Å². The smallest absolute Gasteiger partial charge is 0.0812 e. The molecule has 0 aliphatic heterocycles. The fourth-order valence-corrected chi connectivity index (χ4v) is 6.50. The Hall–Kier alpha value is -4.62. The first-order valence-corrected chi connectivity index (χ1v) is 13.0. The molecule has 0 amide bonds. The van der Waals surface area contributed by atoms with E-state index in [-0.39, 0.29) is 0 Å². The monoisotopic (exact) mass is 466 g/mol. The van der Waals surface area contributed by atoms with Gasteiger partial charge < -0.3 is 0 Å². The SMILES string of the molecule is Bc1ccc2c3c(cccc13)-c1c(-c3cccc4ccccc34)ccc(-c3cccc4ccccc34)c1-2. The summed E-state index contributed by atoms with van der Waals surface area (Å²) in [6.07, 6.45) is 0. The highest BCUT2D eigenvalue weighted by atomic mass is 14.3. The molecule has 0 saturated carbocycles. The molecule has 0 N–H and O–H groups in total. The van der Waals surface area contributed by atoms with Crippen LogP contribution in [0.5, 0.6) is 0 Å². The standard InChI is InChI=1S/C36H23B/c37-33-21-20-32-34-30(33)16-7-17-31(34)35-28(26-14-5-10-22-8-1-3-12-24(22)26)18-19-29(36(32)35)27-15-6-11-23-9-2-4-13-25(23)27/h1-21H,37H2. The Kier molecular flexibility index (Phi) is 4.27. The number of hydrogen-bond donors (Lipinski definition) is 0. The van der Waals surface area contributed by atoms with Gasteiger partial charge in [-0.1, -0.05) is 133 Å². The molecule has 170 valence electrons. The molecule has 7 aromatic rings. The van der Waals surface area contributed by atoms with Gasteiger partial charge in [0, 0.05) is 0 Å². The molecule has 0 spiro atoms. The van der Waals surface area contributed by atoms with Gasteiger partial charge in [0.1, 0.15) is 7.85 Å². The third-order valence-corrected chi connectivity index (χ3v) is 8.16. The maximum absolute atomic E-state index is 2.36. The summed E-state index contributed by atoms with van der Waals surface area (Å²) in [5.74, 6) is 0. The first kappa shape index (κ1) is 20.6. The van der Waals surface area contributed by atoms with Crippen LogP contribution in [0.2, 0.25) is 0 Å². The lowest BCUT2D eigenvalue weighted by Crippen LogP contribution is -2.02. The molecule has 0 unspecified atom stereocenters. The van der Waals surface area contributed by atoms with Gasteiger partial charge in [-0.3, -0.25) is 0 Å². The predicted molar refractivity (Wildman–Crippen MR) is 162 cm³/mol. The Morgan fingerprint density at radius 1 is 0.324 bits per heavy atom. The van der Waals surface area contributed by atoms with E-state index in [0.29, 0.717) is 0 Å². The van der Waals surface area contributed by atoms with Crippen molar-refractivity contribution in [2.75, 3.05) is 0 Å². The van der Waals surface area contributed by atoms with E-state index < -0.39 is 0 Å². The van der Waals surface area contributed by atoms with Crippen molar-refractivity contribution >= 4 is 45.6 Å². The Balaban J connectivity index is 1.55. The van der Waals surface area contributed by atoms with Crippen LogP contribution in [-0.2, 0) is 0 Å². The third kappa shape index (κ3) is 2.86. The van der Waals surface area contributed by atoms with Crippen LogP contribution < -0.4 is 5.46 Å². The van der Waals surface area contributed by atoms with Crippen molar-refractivity contribution in [3.8, 4) is 44.5 Å². The van der Waals surface area contributed by atoms with E-state index in [1.807, 2.05) is 0 Å². The van der Waals surface area contributed by atoms with E-state index in [9.17, 15) is 0 Å². The second-order valence-electron chi connectivity index (χ2n) is 10.1. The van der Waals surface area contributed by atoms with Crippen LogP contribution >= 0.6 is 0 Å². The molecular weight excluding hydrogens is 443 g/mol. The minimum atomic E-state index is 1.27. The van der Waals surface area contributed by atoms with Gasteiger partial charge in [0.05, 0.1) is 0 Å². The van der Waals surface area contributed by atoms with Crippen molar-refractivity contribution in [2.24, 2.45) is 0 Å². The van der Waals surface area contributed by atoms with Gasteiger partial charge in [-0.05, 0) is 76.8 Å². The van der Waals surface area contributed by atoms with Crippen molar-refractivity contribution in [1.82, 2.24) is 0 Å². The average Bonchev–Trinajstić information content (AvgIpc) is 3.30. The third-order valence-electron chi connectivity index (χ3n) is 8.16. The molecule has 37 heavy (non-hydrogen) atoms. The Bertz CT molecular complexity index is 1920. The number of benzene rings is 7. The molecule has 0 nitrogen and oxygen atoms in total. The van der Waals surface area contributed by atoms with Gasteiger partial charge in [0.25, 0.3) is 0 Å². The fraction of sp³-hybridized carbons (Fsp3) is 0. The van der Waals surface area contributed by atoms with E-state index in [1.54, 1.807) is 0 Å². The molecule has 0 saturated heterocycles. The van der Waals surface area contributed by atoms with Gasteiger partial charge in [-0.25, -0.2) is 0 Å². The zero-order valence-corrected chi connectivity index (χ0v) is 20.6. The van der Waals surface area contributed by atoms with E-state index in [1.165, 1.54) is 82.3 Å². The summed E-state index contributed by atoms with van der Waals surface area (Å²) in [6.45, 7) is 0. The van der Waals surface area contributed by atoms with Crippen molar-refractivity contribution in [3.63, 3.8) is 0 Å². The quantitative estimate of drug-likeness (QED) is 0.225. The first-order chi connectivity index (χ1) is 18.3. The zero-order valence-electron chi connectivity index (χ0n) is 20.6. The summed E-state index contributed by atoms with van der Waals surface area (Å²) >= 11 is 0. The van der Waals surface area contributed by atoms with E-state index in [4.69, 9.17) is 0 Å². The van der Waals surface area contributed by atoms with Crippen LogP contribution in [0, 0.1) is 0 Å². The van der Waals surface area contributed by atoms with Crippen molar-refractivity contribution in [3.05, 3.63) is 127 Å². The topological polar surface area (TPSA) is 0 Å². The van der Waals surface area contributed by atoms with E-state index >= 15 is 0 Å². The lowest BCUT2D eigenvalue weighted by atomic mass is 9.85. The molecule has 1 aliphatic rings. The second-order valence-corrected chi connectivity index (χ2v) is 10.1. The van der Waals surface area contributed by atoms with Gasteiger partial charge in [-0.15, -0.1) is 0 Å². The number of hydrogen-bond acceptors (Lipinski definition) is 0. The molecule has 7 aromatic carbocycles. The summed E-state index contributed by atoms with van der Waals surface area (Å²) in [6, 6.07) is 47.0. The van der Waals surface area contributed by atoms with Crippen LogP contribution in [0.1, 0.15) is 0 Å². The second kappa shape index (κ2) is 7.69. The maximum Gasteiger partial charge on any atom is 0.140 e. The first-order valence-electron chi connectivity index (χ1n) is 13.0. The average molecular weight is 466 g/mol. The Morgan fingerprint density at radius 3 is 1.38 bits per heavy atom. The summed E-state index contributed by atoms with van der Waals surface area (Å²) < 4.78 is 0. The van der Waals surface area contributed by atoms with Gasteiger partial charge in [0.2, 0.25) is 0 Å². The van der Waals surface area contributed by atoms with Crippen LogP contribution in [-0.4, -0.2) is 7.85 Å². The molecule has 0 aromatic heterocycles. The van der Waals surface area contributed by atoms with Crippen molar-refractivity contribution in [2.45, 2.75) is 0 Å². The van der Waals surface area contributed by atoms with Crippen molar-refractivity contribution < 1.29 is 0 Å². The Labute approximate surface area is 217 Å². The Morgan fingerprint density at radius 2 is 0.757 bits per heavy atom. The molecule has 0 bridgehead atoms. The number of rotatable bonds is 2. The van der Waals surface area contributed by atoms with E-state index in [0.717, 1.165) is 0 Å². The molecule has 0 atom stereocenters. The minimum absolute atomic E-state index is 1.27. The zero-order chi connectivity index (χ0) is 24.5. The normalized spacial score (nSPS) is 11.9. The van der Waals surface area contributed by atoms with E-state index in [2.05, 4.69) is 135 Å². The fourth-order valence-electron chi connectivity index (χ4n) is 6.50. The molecule has 0 heterocycles. The largest absolute Gasteiger partial charge is 0.140 e. The maximum atomic E-state index is 2.36. The lowest BCUT2D eigenvalue weighted by molar-refractivity contribution is 1.62. The van der Waals surface area contributed by atoms with Crippen LogP contribution in [0.25, 0.3) is 76.8 Å². The van der Waals surface area contributed by atoms with Crippen LogP contribution in [0.3, 0.4) is 0 Å². The molecule has 0 radical (unpaired) electrons. The summed E-state index contributed by atoms with van der Waals surface area (Å²) in [5, 5.41) is 7.87. The van der Waals surface area contributed by atoms with Gasteiger partial charge >= 0.3 is 0 Å². The highest BCUT2D eigenvalue weighted by Crippen LogP contribution is 2.55. The van der Waals surface area contributed by atoms with Crippen LogP contribution in [0.4, 0.5) is 0 Å². The molecular formula is C36H23B. The summed E-state index contributed by atoms with van der Waals surface area (Å²) in [7, 11) is 2.23. The number of fused-ring (bicyclic) bond motifs is 5. The highest BCUT2D eigenvalue weighted by molar-refractivity contribution is 6.41. The molecule has 0 fully saturated rings. The van der Waals surface area contributed by atoms with Gasteiger partial charge in [-0.2, -0.15) is 0 Å². The summed E-state index contributed by atoms with van der Waals surface area (Å²) in [5.41, 5.74) is 11.9. The van der Waals surface area contributed by atoms with Crippen LogP contribution in [0.15, 0.2) is 127 Å². The molecule has 1 aliphatic carbocycles. The lowest BCUT2D eigenvalue weighted by Gasteiger charge is -2.18. The molecule has 8 rings (SSSR count). The van der Waals surface area contributed by atoms with Gasteiger partial charge in [0.15, 0.2) is 0 Å². The highest BCUT2D eigenvalue weighted by Gasteiger charge is 2.28. The molecule has 1 heteroatoms.